The van der Waals surface area contributed by atoms with E-state index in [9.17, 15) is 13.2 Å². The Morgan fingerprint density at radius 2 is 1.71 bits per heavy atom. The Bertz CT molecular complexity index is 1160. The number of hydrogen-bond acceptors (Lipinski definition) is 6. The number of piperazine rings is 1. The Morgan fingerprint density at radius 1 is 1.06 bits per heavy atom. The van der Waals surface area contributed by atoms with Gasteiger partial charge in [0.25, 0.3) is 5.91 Å². The van der Waals surface area contributed by atoms with Gasteiger partial charge in [-0.2, -0.15) is 9.40 Å². The molecule has 2 bridgehead atoms. The Morgan fingerprint density at radius 3 is 2.34 bits per heavy atom. The molecule has 1 aromatic heterocycles. The van der Waals surface area contributed by atoms with E-state index in [0.717, 1.165) is 49.9 Å². The Labute approximate surface area is 208 Å². The highest BCUT2D eigenvalue weighted by atomic mass is 32.2. The number of nitrogens with zero attached hydrogens (tertiary/aromatic N) is 5. The van der Waals surface area contributed by atoms with Gasteiger partial charge in [-0.3, -0.25) is 19.3 Å². The van der Waals surface area contributed by atoms with Gasteiger partial charge >= 0.3 is 0 Å². The minimum atomic E-state index is -3.09. The molecular formula is C25H38N6O3S. The summed E-state index contributed by atoms with van der Waals surface area (Å²) in [6.07, 6.45) is 5.62. The molecule has 0 spiro atoms. The van der Waals surface area contributed by atoms with Crippen LogP contribution in [0.3, 0.4) is 0 Å². The lowest BCUT2D eigenvalue weighted by atomic mass is 9.97. The maximum Gasteiger partial charge on any atom is 0.272 e. The maximum atomic E-state index is 13.3. The number of amides is 1. The number of fused-ring (bicyclic) bond motifs is 3. The van der Waals surface area contributed by atoms with Crippen molar-refractivity contribution in [2.24, 2.45) is 0 Å². The molecule has 3 fully saturated rings. The van der Waals surface area contributed by atoms with Crippen molar-refractivity contribution < 1.29 is 13.2 Å². The van der Waals surface area contributed by atoms with Gasteiger partial charge < -0.3 is 5.32 Å². The monoisotopic (exact) mass is 502 g/mol. The zero-order valence-corrected chi connectivity index (χ0v) is 21.9. The van der Waals surface area contributed by atoms with Crippen molar-refractivity contribution in [3.63, 3.8) is 0 Å². The molecule has 1 N–H and O–H groups in total. The van der Waals surface area contributed by atoms with Gasteiger partial charge in [0.15, 0.2) is 5.69 Å². The number of carbonyl (C=O) groups is 1. The molecule has 1 unspecified atom stereocenters. The number of para-hydroxylation sites is 1. The van der Waals surface area contributed by atoms with Gasteiger partial charge in [0.1, 0.15) is 0 Å². The van der Waals surface area contributed by atoms with E-state index in [1.807, 2.05) is 28.9 Å². The predicted molar refractivity (Wildman–Crippen MR) is 137 cm³/mol. The number of hydrogen-bond donors (Lipinski definition) is 1. The first-order valence-electron chi connectivity index (χ1n) is 12.9. The molecule has 5 rings (SSSR count). The Balaban J connectivity index is 1.16. The van der Waals surface area contributed by atoms with Crippen molar-refractivity contribution in [1.29, 1.82) is 0 Å². The number of benzene rings is 1. The van der Waals surface area contributed by atoms with E-state index in [-0.39, 0.29) is 18.0 Å². The Kier molecular flexibility index (Phi) is 6.91. The van der Waals surface area contributed by atoms with E-state index < -0.39 is 10.0 Å². The molecule has 2 aromatic rings. The third kappa shape index (κ3) is 5.12. The largest absolute Gasteiger partial charge is 0.348 e. The van der Waals surface area contributed by atoms with Gasteiger partial charge in [0.2, 0.25) is 10.0 Å². The van der Waals surface area contributed by atoms with E-state index in [2.05, 4.69) is 34.1 Å². The van der Waals surface area contributed by atoms with Crippen LogP contribution in [0.1, 0.15) is 56.1 Å². The molecule has 9 nitrogen and oxygen atoms in total. The summed E-state index contributed by atoms with van der Waals surface area (Å²) in [7, 11) is -3.09. The molecular weight excluding hydrogens is 464 g/mol. The van der Waals surface area contributed by atoms with Gasteiger partial charge in [-0.1, -0.05) is 18.2 Å². The predicted octanol–water partition coefficient (Wildman–Crippen LogP) is 1.92. The van der Waals surface area contributed by atoms with E-state index in [1.165, 1.54) is 19.1 Å². The SMILES string of the molecule is CC(C)n1nc(C(=O)NC2C[C@H]3CC[C@@H](C2)N3CCN2CCN(S(C)(=O)=O)CC2)c2ccccc21. The summed E-state index contributed by atoms with van der Waals surface area (Å²) in [4.78, 5) is 18.3. The summed E-state index contributed by atoms with van der Waals surface area (Å²) in [5.74, 6) is -0.0674. The van der Waals surface area contributed by atoms with Crippen molar-refractivity contribution in [3.05, 3.63) is 30.0 Å². The molecule has 3 atom stereocenters. The first kappa shape index (κ1) is 24.7. The van der Waals surface area contributed by atoms with Gasteiger partial charge in [0, 0.05) is 68.8 Å². The average Bonchev–Trinajstić information content (AvgIpc) is 3.32. The first-order chi connectivity index (χ1) is 16.7. The lowest BCUT2D eigenvalue weighted by Gasteiger charge is -2.41. The summed E-state index contributed by atoms with van der Waals surface area (Å²) in [6, 6.07) is 9.33. The number of aromatic nitrogens is 2. The maximum absolute atomic E-state index is 13.3. The molecule has 0 saturated carbocycles. The zero-order chi connectivity index (χ0) is 24.7. The first-order valence-corrected chi connectivity index (χ1v) is 14.8. The number of sulfonamides is 1. The molecule has 1 amide bonds. The minimum absolute atomic E-state index is 0.0674. The number of carbonyl (C=O) groups excluding carboxylic acids is 1. The van der Waals surface area contributed by atoms with Crippen LogP contribution in [0.2, 0.25) is 0 Å². The summed E-state index contributed by atoms with van der Waals surface area (Å²) in [6.45, 7) is 8.92. The van der Waals surface area contributed by atoms with E-state index in [1.54, 1.807) is 4.31 Å². The molecule has 3 aliphatic rings. The standard InChI is InChI=1S/C25H38N6O3S/c1-18(2)31-23-7-5-4-6-22(23)24(27-31)25(32)26-19-16-20-8-9-21(17-19)30(20)15-12-28-10-13-29(14-11-28)35(3,33)34/h4-7,18-21H,8-17H2,1-3H3,(H,26,32)/t19?,20-,21+. The third-order valence-corrected chi connectivity index (χ3v) is 9.32. The van der Waals surface area contributed by atoms with Crippen molar-refractivity contribution in [2.45, 2.75) is 63.7 Å². The van der Waals surface area contributed by atoms with Crippen LogP contribution < -0.4 is 5.32 Å². The molecule has 192 valence electrons. The molecule has 0 aliphatic carbocycles. The van der Waals surface area contributed by atoms with Crippen LogP contribution in [0.4, 0.5) is 0 Å². The van der Waals surface area contributed by atoms with Crippen LogP contribution in [-0.2, 0) is 10.0 Å². The minimum Gasteiger partial charge on any atom is -0.348 e. The van der Waals surface area contributed by atoms with Crippen LogP contribution >= 0.6 is 0 Å². The fraction of sp³-hybridized carbons (Fsp3) is 0.680. The second-order valence-electron chi connectivity index (χ2n) is 10.7. The highest BCUT2D eigenvalue weighted by Crippen LogP contribution is 2.35. The number of nitrogens with one attached hydrogen (secondary N) is 1. The summed E-state index contributed by atoms with van der Waals surface area (Å²) in [5, 5.41) is 8.90. The molecule has 0 radical (unpaired) electrons. The van der Waals surface area contributed by atoms with Crippen molar-refractivity contribution in [2.75, 3.05) is 45.5 Å². The molecule has 35 heavy (non-hydrogen) atoms. The van der Waals surface area contributed by atoms with Crippen molar-refractivity contribution in [1.82, 2.24) is 29.2 Å². The molecule has 10 heteroatoms. The lowest BCUT2D eigenvalue weighted by molar-refractivity contribution is 0.0782. The summed E-state index contributed by atoms with van der Waals surface area (Å²) >= 11 is 0. The second kappa shape index (κ2) is 9.80. The summed E-state index contributed by atoms with van der Waals surface area (Å²) < 4.78 is 27.0. The highest BCUT2D eigenvalue weighted by Gasteiger charge is 2.41. The molecule has 1 aromatic carbocycles. The van der Waals surface area contributed by atoms with Crippen molar-refractivity contribution >= 4 is 26.8 Å². The highest BCUT2D eigenvalue weighted by molar-refractivity contribution is 7.88. The average molecular weight is 503 g/mol. The van der Waals surface area contributed by atoms with Gasteiger partial charge in [-0.25, -0.2) is 8.42 Å². The lowest BCUT2D eigenvalue weighted by Crippen LogP contribution is -2.54. The summed E-state index contributed by atoms with van der Waals surface area (Å²) in [5.41, 5.74) is 1.53. The van der Waals surface area contributed by atoms with Gasteiger partial charge in [-0.05, 0) is 45.6 Å². The fourth-order valence-corrected chi connectivity index (χ4v) is 7.03. The van der Waals surface area contributed by atoms with Gasteiger partial charge in [-0.15, -0.1) is 0 Å². The topological polar surface area (TPSA) is 90.8 Å². The van der Waals surface area contributed by atoms with Gasteiger partial charge in [0.05, 0.1) is 11.8 Å². The second-order valence-corrected chi connectivity index (χ2v) is 12.7. The van der Waals surface area contributed by atoms with E-state index in [4.69, 9.17) is 0 Å². The zero-order valence-electron chi connectivity index (χ0n) is 21.1. The third-order valence-electron chi connectivity index (χ3n) is 8.01. The molecule has 3 aliphatic heterocycles. The number of piperidine rings is 1. The van der Waals surface area contributed by atoms with Crippen LogP contribution in [0, 0.1) is 0 Å². The quantitative estimate of drug-likeness (QED) is 0.622. The van der Waals surface area contributed by atoms with E-state index in [0.29, 0.717) is 30.9 Å². The van der Waals surface area contributed by atoms with Crippen LogP contribution in [0.15, 0.2) is 24.3 Å². The van der Waals surface area contributed by atoms with E-state index >= 15 is 0 Å². The van der Waals surface area contributed by atoms with Crippen molar-refractivity contribution in [3.8, 4) is 0 Å². The smallest absolute Gasteiger partial charge is 0.272 e. The van der Waals surface area contributed by atoms with Crippen LogP contribution in [-0.4, -0.2) is 102 Å². The molecule has 3 saturated heterocycles. The molecule has 4 heterocycles. The van der Waals surface area contributed by atoms with Crippen LogP contribution in [0.5, 0.6) is 0 Å². The number of rotatable bonds is 7. The van der Waals surface area contributed by atoms with Crippen LogP contribution in [0.25, 0.3) is 10.9 Å². The fourth-order valence-electron chi connectivity index (χ4n) is 6.20. The Hall–Kier alpha value is -2.01. The normalized spacial score (nSPS) is 26.6.